The summed E-state index contributed by atoms with van der Waals surface area (Å²) in [5.41, 5.74) is 3.08. The number of rotatable bonds is 2. The first-order chi connectivity index (χ1) is 15.9. The van der Waals surface area contributed by atoms with Crippen LogP contribution in [0.15, 0.2) is 90.1 Å². The zero-order valence-corrected chi connectivity index (χ0v) is 18.6. The first-order valence-corrected chi connectivity index (χ1v) is 11.1. The number of amides is 1. The lowest BCUT2D eigenvalue weighted by Crippen LogP contribution is -2.40. The van der Waals surface area contributed by atoms with Crippen molar-refractivity contribution in [2.45, 2.75) is 32.7 Å². The molecule has 0 unspecified atom stereocenters. The van der Waals surface area contributed by atoms with Crippen LogP contribution in [0.25, 0.3) is 0 Å². The Hall–Kier alpha value is -3.73. The Morgan fingerprint density at radius 3 is 2.36 bits per heavy atom. The molecule has 2 aliphatic rings. The van der Waals surface area contributed by atoms with E-state index in [0.717, 1.165) is 11.4 Å². The average molecular weight is 441 g/mol. The average Bonchev–Trinajstić information content (AvgIpc) is 2.93. The Morgan fingerprint density at radius 2 is 1.61 bits per heavy atom. The molecular formula is C28H25FN2O2. The van der Waals surface area contributed by atoms with Gasteiger partial charge in [-0.1, -0.05) is 62.4 Å². The van der Waals surface area contributed by atoms with Crippen LogP contribution in [0, 0.1) is 11.2 Å². The third-order valence-corrected chi connectivity index (χ3v) is 6.34. The molecule has 0 radical (unpaired) electrons. The predicted octanol–water partition coefficient (Wildman–Crippen LogP) is 6.28. The number of allylic oxidation sites excluding steroid dienone is 1. The summed E-state index contributed by atoms with van der Waals surface area (Å²) in [4.78, 5) is 29.1. The zero-order valence-electron chi connectivity index (χ0n) is 18.6. The van der Waals surface area contributed by atoms with Crippen molar-refractivity contribution in [1.29, 1.82) is 0 Å². The minimum Gasteiger partial charge on any atom is -0.357 e. The maximum absolute atomic E-state index is 15.3. The number of para-hydroxylation sites is 2. The lowest BCUT2D eigenvalue weighted by Gasteiger charge is -2.37. The summed E-state index contributed by atoms with van der Waals surface area (Å²) in [7, 11) is 0. The fourth-order valence-corrected chi connectivity index (χ4v) is 4.92. The molecule has 3 aromatic carbocycles. The van der Waals surface area contributed by atoms with E-state index in [9.17, 15) is 9.59 Å². The highest BCUT2D eigenvalue weighted by Gasteiger charge is 2.44. The van der Waals surface area contributed by atoms with Crippen LogP contribution in [0.5, 0.6) is 0 Å². The molecule has 1 heterocycles. The van der Waals surface area contributed by atoms with Gasteiger partial charge in [-0.2, -0.15) is 0 Å². The Balaban J connectivity index is 1.82. The fourth-order valence-electron chi connectivity index (χ4n) is 4.92. The molecule has 5 rings (SSSR count). The molecule has 0 fully saturated rings. The summed E-state index contributed by atoms with van der Waals surface area (Å²) in [6, 6.07) is 21.9. The van der Waals surface area contributed by atoms with Crippen LogP contribution in [-0.4, -0.2) is 11.7 Å². The Morgan fingerprint density at radius 1 is 0.939 bits per heavy atom. The van der Waals surface area contributed by atoms with Crippen molar-refractivity contribution in [2.75, 3.05) is 10.2 Å². The van der Waals surface area contributed by atoms with E-state index in [1.54, 1.807) is 47.4 Å². The minimum absolute atomic E-state index is 0.0688. The fraction of sp³-hybridized carbons (Fsp3) is 0.214. The van der Waals surface area contributed by atoms with Gasteiger partial charge in [0.1, 0.15) is 5.82 Å². The summed E-state index contributed by atoms with van der Waals surface area (Å²) in [6.07, 6.45) is 0.961. The molecule has 33 heavy (non-hydrogen) atoms. The summed E-state index contributed by atoms with van der Waals surface area (Å²) in [5.74, 6) is -0.803. The van der Waals surface area contributed by atoms with E-state index in [-0.39, 0.29) is 17.1 Å². The molecule has 0 saturated heterocycles. The van der Waals surface area contributed by atoms with Crippen molar-refractivity contribution in [1.82, 2.24) is 0 Å². The number of hydrogen-bond donors (Lipinski definition) is 1. The van der Waals surface area contributed by atoms with E-state index in [0.29, 0.717) is 35.2 Å². The van der Waals surface area contributed by atoms with Gasteiger partial charge in [0, 0.05) is 28.8 Å². The summed E-state index contributed by atoms with van der Waals surface area (Å²) < 4.78 is 15.3. The third kappa shape index (κ3) is 3.74. The normalized spacial score (nSPS) is 19.3. The number of nitrogens with zero attached hydrogens (tertiary/aromatic N) is 1. The molecule has 1 aliphatic carbocycles. The number of ketones is 1. The number of anilines is 2. The molecule has 1 aliphatic heterocycles. The largest absolute Gasteiger partial charge is 0.357 e. The molecule has 0 bridgehead atoms. The molecule has 1 amide bonds. The van der Waals surface area contributed by atoms with Crippen molar-refractivity contribution in [3.8, 4) is 0 Å². The van der Waals surface area contributed by atoms with E-state index in [2.05, 4.69) is 19.2 Å². The zero-order chi connectivity index (χ0) is 23.2. The van der Waals surface area contributed by atoms with Gasteiger partial charge in [-0.15, -0.1) is 0 Å². The highest BCUT2D eigenvalue weighted by molar-refractivity contribution is 6.12. The number of carbonyl (C=O) groups excluding carboxylic acids is 2. The van der Waals surface area contributed by atoms with Gasteiger partial charge in [-0.05, 0) is 42.2 Å². The second-order valence-corrected chi connectivity index (χ2v) is 9.44. The van der Waals surface area contributed by atoms with Gasteiger partial charge in [-0.25, -0.2) is 4.39 Å². The quantitative estimate of drug-likeness (QED) is 0.510. The lowest BCUT2D eigenvalue weighted by molar-refractivity contribution is -0.118. The molecule has 1 atom stereocenters. The van der Waals surface area contributed by atoms with Gasteiger partial charge in [0.15, 0.2) is 5.78 Å². The van der Waals surface area contributed by atoms with Crippen LogP contribution in [0.4, 0.5) is 15.8 Å². The summed E-state index contributed by atoms with van der Waals surface area (Å²) >= 11 is 0. The van der Waals surface area contributed by atoms with Crippen molar-refractivity contribution in [2.24, 2.45) is 5.41 Å². The smallest absolute Gasteiger partial charge is 0.259 e. The third-order valence-electron chi connectivity index (χ3n) is 6.34. The molecule has 0 spiro atoms. The number of hydrogen-bond acceptors (Lipinski definition) is 3. The second kappa shape index (κ2) is 8.00. The summed E-state index contributed by atoms with van der Waals surface area (Å²) in [5, 5.41) is 3.45. The number of halogens is 1. The van der Waals surface area contributed by atoms with Crippen LogP contribution in [0.2, 0.25) is 0 Å². The van der Waals surface area contributed by atoms with Crippen molar-refractivity contribution in [3.05, 3.63) is 107 Å². The Labute approximate surface area is 192 Å². The lowest BCUT2D eigenvalue weighted by atomic mass is 9.73. The number of nitrogens with one attached hydrogen (secondary N) is 1. The van der Waals surface area contributed by atoms with Gasteiger partial charge in [0.05, 0.1) is 17.4 Å². The van der Waals surface area contributed by atoms with Gasteiger partial charge >= 0.3 is 0 Å². The number of fused-ring (bicyclic) bond motifs is 1. The molecule has 0 saturated carbocycles. The Kier molecular flexibility index (Phi) is 5.12. The van der Waals surface area contributed by atoms with Gasteiger partial charge < -0.3 is 5.32 Å². The van der Waals surface area contributed by atoms with E-state index >= 15 is 4.39 Å². The minimum atomic E-state index is -0.881. The molecule has 3 aromatic rings. The van der Waals surface area contributed by atoms with Crippen LogP contribution in [0.1, 0.15) is 48.7 Å². The summed E-state index contributed by atoms with van der Waals surface area (Å²) in [6.45, 7) is 4.11. The van der Waals surface area contributed by atoms with Crippen LogP contribution in [0.3, 0.4) is 0 Å². The maximum Gasteiger partial charge on any atom is 0.259 e. The maximum atomic E-state index is 15.3. The van der Waals surface area contributed by atoms with Gasteiger partial charge in [0.25, 0.3) is 5.91 Å². The van der Waals surface area contributed by atoms with Crippen molar-refractivity contribution >= 4 is 23.1 Å². The van der Waals surface area contributed by atoms with Crippen LogP contribution < -0.4 is 10.2 Å². The van der Waals surface area contributed by atoms with Gasteiger partial charge in [0.2, 0.25) is 0 Å². The second-order valence-electron chi connectivity index (χ2n) is 9.44. The molecule has 5 heteroatoms. The highest BCUT2D eigenvalue weighted by Crippen LogP contribution is 2.49. The predicted molar refractivity (Wildman–Crippen MR) is 128 cm³/mol. The first-order valence-electron chi connectivity index (χ1n) is 11.1. The monoisotopic (exact) mass is 440 g/mol. The topological polar surface area (TPSA) is 49.4 Å². The molecule has 4 nitrogen and oxygen atoms in total. The molecular weight excluding hydrogens is 415 g/mol. The van der Waals surface area contributed by atoms with E-state index in [1.165, 1.54) is 6.07 Å². The van der Waals surface area contributed by atoms with Crippen LogP contribution in [-0.2, 0) is 4.79 Å². The number of carbonyl (C=O) groups is 2. The highest BCUT2D eigenvalue weighted by atomic mass is 19.1. The molecule has 1 N–H and O–H groups in total. The van der Waals surface area contributed by atoms with E-state index < -0.39 is 11.9 Å². The van der Waals surface area contributed by atoms with Crippen molar-refractivity contribution < 1.29 is 14.0 Å². The number of benzene rings is 3. The SMILES string of the molecule is CC1(C)CC(=O)C2=C(C1)Nc1ccccc1N(C(=O)c1ccccc1)[C@H]2c1ccccc1F. The standard InChI is InChI=1S/C28H25FN2O2/c1-28(2)16-22-25(24(32)17-28)26(19-12-6-7-13-20(19)29)31(23-15-9-8-14-21(23)30-22)27(33)18-10-4-3-5-11-18/h3-15,26,30H,16-17H2,1-2H3/t26-/m0/s1. The van der Waals surface area contributed by atoms with E-state index in [4.69, 9.17) is 0 Å². The Bertz CT molecular complexity index is 1280. The first kappa shape index (κ1) is 21.1. The van der Waals surface area contributed by atoms with Gasteiger partial charge in [-0.3, -0.25) is 14.5 Å². The van der Waals surface area contributed by atoms with Crippen molar-refractivity contribution in [3.63, 3.8) is 0 Å². The van der Waals surface area contributed by atoms with Crippen LogP contribution >= 0.6 is 0 Å². The number of Topliss-reactive ketones (excluding diaryl/α,β-unsaturated/α-hetero) is 1. The molecule has 0 aromatic heterocycles. The molecule has 166 valence electrons. The van der Waals surface area contributed by atoms with E-state index in [1.807, 2.05) is 30.3 Å².